The molecule has 0 aromatic carbocycles. The highest BCUT2D eigenvalue weighted by atomic mass is 16.4. The predicted octanol–water partition coefficient (Wildman–Crippen LogP) is 1.60. The van der Waals surface area contributed by atoms with Crippen molar-refractivity contribution < 1.29 is 5.21 Å². The molecule has 0 amide bonds. The number of hydrogen-bond donors (Lipinski definition) is 2. The van der Waals surface area contributed by atoms with Gasteiger partial charge in [-0.1, -0.05) is 5.16 Å². The van der Waals surface area contributed by atoms with Crippen LogP contribution in [0.5, 0.6) is 0 Å². The van der Waals surface area contributed by atoms with Crippen molar-refractivity contribution in [1.82, 2.24) is 14.8 Å². The first kappa shape index (κ1) is 13.1. The van der Waals surface area contributed by atoms with Crippen LogP contribution in [0.1, 0.15) is 28.2 Å². The largest absolute Gasteiger partial charge is 0.409 e. The lowest BCUT2D eigenvalue weighted by Gasteiger charge is -2.07. The van der Waals surface area contributed by atoms with Crippen molar-refractivity contribution >= 4 is 5.84 Å². The summed E-state index contributed by atoms with van der Waals surface area (Å²) < 4.78 is 1.77. The molecule has 0 aliphatic carbocycles. The van der Waals surface area contributed by atoms with Gasteiger partial charge in [-0.3, -0.25) is 0 Å². The van der Waals surface area contributed by atoms with Gasteiger partial charge in [-0.05, 0) is 45.4 Å². The van der Waals surface area contributed by atoms with Crippen LogP contribution in [0.3, 0.4) is 0 Å². The Morgan fingerprint density at radius 1 is 1.26 bits per heavy atom. The molecule has 0 saturated carbocycles. The molecule has 2 aromatic rings. The molecule has 0 bridgehead atoms. The standard InChI is InChI=1S/C13H17N5O/c1-7-5-11(13(14)17-19)6-12(15-7)18-10(4)8(2)9(3)16-18/h5-6,19H,1-4H3,(H2,14,17). The van der Waals surface area contributed by atoms with E-state index < -0.39 is 0 Å². The number of rotatable bonds is 2. The van der Waals surface area contributed by atoms with Crippen molar-refractivity contribution in [3.05, 3.63) is 40.3 Å². The minimum atomic E-state index is 0.0602. The van der Waals surface area contributed by atoms with Crippen LogP contribution in [0.2, 0.25) is 0 Å². The number of aryl methyl sites for hydroxylation is 2. The molecule has 6 heteroatoms. The Morgan fingerprint density at radius 2 is 1.95 bits per heavy atom. The second-order valence-corrected chi connectivity index (χ2v) is 4.55. The van der Waals surface area contributed by atoms with Gasteiger partial charge in [0.05, 0.1) is 5.69 Å². The lowest BCUT2D eigenvalue weighted by Crippen LogP contribution is -2.15. The molecule has 6 nitrogen and oxygen atoms in total. The molecule has 2 rings (SSSR count). The van der Waals surface area contributed by atoms with Crippen molar-refractivity contribution in [3.63, 3.8) is 0 Å². The average Bonchev–Trinajstić information content (AvgIpc) is 2.65. The van der Waals surface area contributed by atoms with Gasteiger partial charge in [0, 0.05) is 17.0 Å². The minimum absolute atomic E-state index is 0.0602. The molecule has 2 aromatic heterocycles. The van der Waals surface area contributed by atoms with Gasteiger partial charge in [0.25, 0.3) is 0 Å². The Hall–Kier alpha value is -2.37. The Labute approximate surface area is 111 Å². The molecule has 100 valence electrons. The number of nitrogens with zero attached hydrogens (tertiary/aromatic N) is 4. The van der Waals surface area contributed by atoms with Crippen LogP contribution in [0.25, 0.3) is 5.82 Å². The second-order valence-electron chi connectivity index (χ2n) is 4.55. The summed E-state index contributed by atoms with van der Waals surface area (Å²) in [6.07, 6.45) is 0. The summed E-state index contributed by atoms with van der Waals surface area (Å²) in [6.45, 7) is 7.83. The van der Waals surface area contributed by atoms with Crippen molar-refractivity contribution in [1.29, 1.82) is 0 Å². The Kier molecular flexibility index (Phi) is 3.25. The normalized spacial score (nSPS) is 11.9. The quantitative estimate of drug-likeness (QED) is 0.371. The number of hydrogen-bond acceptors (Lipinski definition) is 4. The van der Waals surface area contributed by atoms with E-state index in [2.05, 4.69) is 15.2 Å². The summed E-state index contributed by atoms with van der Waals surface area (Å²) in [4.78, 5) is 4.44. The zero-order valence-corrected chi connectivity index (χ0v) is 11.5. The fourth-order valence-corrected chi connectivity index (χ4v) is 1.91. The van der Waals surface area contributed by atoms with E-state index in [1.54, 1.807) is 16.8 Å². The molecular formula is C13H17N5O. The summed E-state index contributed by atoms with van der Waals surface area (Å²) in [5.41, 5.74) is 10.2. The van der Waals surface area contributed by atoms with E-state index in [0.717, 1.165) is 22.6 Å². The fourth-order valence-electron chi connectivity index (χ4n) is 1.91. The first-order valence-corrected chi connectivity index (χ1v) is 5.94. The van der Waals surface area contributed by atoms with Gasteiger partial charge in [-0.25, -0.2) is 9.67 Å². The topological polar surface area (TPSA) is 89.3 Å². The Balaban J connectivity index is 2.62. The first-order chi connectivity index (χ1) is 8.93. The number of aromatic nitrogens is 3. The van der Waals surface area contributed by atoms with E-state index in [9.17, 15) is 0 Å². The zero-order valence-electron chi connectivity index (χ0n) is 11.5. The van der Waals surface area contributed by atoms with Crippen LogP contribution in [-0.4, -0.2) is 25.8 Å². The molecule has 3 N–H and O–H groups in total. The summed E-state index contributed by atoms with van der Waals surface area (Å²) in [6, 6.07) is 3.51. The van der Waals surface area contributed by atoms with E-state index in [1.807, 2.05) is 27.7 Å². The molecule has 0 atom stereocenters. The Bertz CT molecular complexity index is 657. The lowest BCUT2D eigenvalue weighted by molar-refractivity contribution is 0.318. The maximum atomic E-state index is 8.76. The highest BCUT2D eigenvalue weighted by Gasteiger charge is 2.12. The second kappa shape index (κ2) is 4.72. The number of nitrogens with two attached hydrogens (primary N) is 1. The molecule has 0 unspecified atom stereocenters. The van der Waals surface area contributed by atoms with Gasteiger partial charge in [-0.15, -0.1) is 0 Å². The first-order valence-electron chi connectivity index (χ1n) is 5.94. The van der Waals surface area contributed by atoms with Crippen molar-refractivity contribution in [2.75, 3.05) is 0 Å². The lowest BCUT2D eigenvalue weighted by atomic mass is 10.2. The van der Waals surface area contributed by atoms with Crippen molar-refractivity contribution in [2.45, 2.75) is 27.7 Å². The van der Waals surface area contributed by atoms with Crippen LogP contribution in [0.4, 0.5) is 0 Å². The fraction of sp³-hybridized carbons (Fsp3) is 0.308. The summed E-state index contributed by atoms with van der Waals surface area (Å²) in [7, 11) is 0. The summed E-state index contributed by atoms with van der Waals surface area (Å²) in [5, 5.41) is 16.2. The van der Waals surface area contributed by atoms with E-state index in [-0.39, 0.29) is 5.84 Å². The Morgan fingerprint density at radius 3 is 2.47 bits per heavy atom. The van der Waals surface area contributed by atoms with E-state index >= 15 is 0 Å². The van der Waals surface area contributed by atoms with Gasteiger partial charge in [-0.2, -0.15) is 5.10 Å². The molecular weight excluding hydrogens is 242 g/mol. The summed E-state index contributed by atoms with van der Waals surface area (Å²) >= 11 is 0. The van der Waals surface area contributed by atoms with Crippen LogP contribution in [0, 0.1) is 27.7 Å². The molecule has 19 heavy (non-hydrogen) atoms. The van der Waals surface area contributed by atoms with Crippen LogP contribution < -0.4 is 5.73 Å². The van der Waals surface area contributed by atoms with E-state index in [4.69, 9.17) is 10.9 Å². The number of amidine groups is 1. The highest BCUT2D eigenvalue weighted by molar-refractivity contribution is 5.97. The molecule has 0 spiro atoms. The monoisotopic (exact) mass is 259 g/mol. The maximum Gasteiger partial charge on any atom is 0.170 e. The van der Waals surface area contributed by atoms with Gasteiger partial charge in [0.2, 0.25) is 0 Å². The third-order valence-corrected chi connectivity index (χ3v) is 3.21. The van der Waals surface area contributed by atoms with E-state index in [1.165, 1.54) is 0 Å². The molecule has 2 heterocycles. The minimum Gasteiger partial charge on any atom is -0.409 e. The van der Waals surface area contributed by atoms with Gasteiger partial charge >= 0.3 is 0 Å². The smallest absolute Gasteiger partial charge is 0.170 e. The van der Waals surface area contributed by atoms with Gasteiger partial charge in [0.15, 0.2) is 11.7 Å². The average molecular weight is 259 g/mol. The SMILES string of the molecule is Cc1cc(/C(N)=N/O)cc(-n2nc(C)c(C)c2C)n1. The molecule has 0 aliphatic heterocycles. The number of oxime groups is 1. The van der Waals surface area contributed by atoms with Gasteiger partial charge in [0.1, 0.15) is 0 Å². The third kappa shape index (κ3) is 2.29. The molecule has 0 fully saturated rings. The van der Waals surface area contributed by atoms with Crippen LogP contribution in [-0.2, 0) is 0 Å². The van der Waals surface area contributed by atoms with Crippen LogP contribution in [0.15, 0.2) is 17.3 Å². The maximum absolute atomic E-state index is 8.76. The summed E-state index contributed by atoms with van der Waals surface area (Å²) in [5.74, 6) is 0.723. The predicted molar refractivity (Wildman–Crippen MR) is 72.8 cm³/mol. The molecule has 0 aliphatic rings. The number of pyridine rings is 1. The third-order valence-electron chi connectivity index (χ3n) is 3.21. The molecule has 0 radical (unpaired) electrons. The van der Waals surface area contributed by atoms with Crippen molar-refractivity contribution in [3.8, 4) is 5.82 Å². The van der Waals surface area contributed by atoms with Crippen molar-refractivity contribution in [2.24, 2.45) is 10.9 Å². The zero-order chi connectivity index (χ0) is 14.2. The highest BCUT2D eigenvalue weighted by Crippen LogP contribution is 2.17. The van der Waals surface area contributed by atoms with Gasteiger partial charge < -0.3 is 10.9 Å². The van der Waals surface area contributed by atoms with E-state index in [0.29, 0.717) is 11.4 Å². The van der Waals surface area contributed by atoms with Crippen LogP contribution >= 0.6 is 0 Å². The molecule has 0 saturated heterocycles.